The number of aryl methyl sites for hydroxylation is 1. The van der Waals surface area contributed by atoms with Crippen LogP contribution < -0.4 is 20.1 Å². The van der Waals surface area contributed by atoms with E-state index < -0.39 is 0 Å². The van der Waals surface area contributed by atoms with E-state index in [0.29, 0.717) is 13.1 Å². The minimum atomic E-state index is 0.274. The summed E-state index contributed by atoms with van der Waals surface area (Å²) in [5, 5.41) is 15.2. The average molecular weight is 430 g/mol. The van der Waals surface area contributed by atoms with E-state index in [1.807, 2.05) is 36.7 Å². The standard InChI is InChI=1S/C21H31N7O3/c1-16-25-26-20(27(16)2)14-24-21(22-6-3-7-28-8-10-29-11-9-28)23-13-17-4-5-18-19(12-17)31-15-30-18/h4-5,12H,3,6-11,13-15H2,1-2H3,(H2,22,23,24). The molecule has 0 atom stereocenters. The number of ether oxygens (including phenoxy) is 3. The first-order chi connectivity index (χ1) is 15.2. The number of benzene rings is 1. The van der Waals surface area contributed by atoms with E-state index in [0.717, 1.165) is 80.5 Å². The van der Waals surface area contributed by atoms with Crippen LogP contribution in [-0.4, -0.2) is 71.8 Å². The smallest absolute Gasteiger partial charge is 0.231 e. The van der Waals surface area contributed by atoms with Gasteiger partial charge in [-0.2, -0.15) is 0 Å². The van der Waals surface area contributed by atoms with Gasteiger partial charge in [0.1, 0.15) is 5.82 Å². The maximum absolute atomic E-state index is 5.47. The van der Waals surface area contributed by atoms with Gasteiger partial charge in [0.2, 0.25) is 6.79 Å². The summed E-state index contributed by atoms with van der Waals surface area (Å²) in [6.07, 6.45) is 1.04. The number of hydrogen-bond donors (Lipinski definition) is 2. The number of morpholine rings is 1. The molecule has 1 aromatic carbocycles. The minimum Gasteiger partial charge on any atom is -0.454 e. The van der Waals surface area contributed by atoms with Crippen LogP contribution >= 0.6 is 0 Å². The van der Waals surface area contributed by atoms with Crippen LogP contribution in [-0.2, 0) is 24.9 Å². The Labute approximate surface area is 182 Å². The molecule has 10 heteroatoms. The molecule has 4 rings (SSSR count). The van der Waals surface area contributed by atoms with Gasteiger partial charge in [-0.1, -0.05) is 6.07 Å². The summed E-state index contributed by atoms with van der Waals surface area (Å²) < 4.78 is 18.2. The summed E-state index contributed by atoms with van der Waals surface area (Å²) in [6, 6.07) is 5.92. The maximum atomic E-state index is 5.47. The summed E-state index contributed by atoms with van der Waals surface area (Å²) in [5.74, 6) is 4.05. The molecule has 0 saturated carbocycles. The Hall–Kier alpha value is -2.85. The van der Waals surface area contributed by atoms with Crippen molar-refractivity contribution in [2.75, 3.05) is 46.2 Å². The fourth-order valence-corrected chi connectivity index (χ4v) is 3.49. The lowest BCUT2D eigenvalue weighted by atomic mass is 10.2. The lowest BCUT2D eigenvalue weighted by Crippen LogP contribution is -2.40. The lowest BCUT2D eigenvalue weighted by Gasteiger charge is -2.26. The minimum absolute atomic E-state index is 0.274. The van der Waals surface area contributed by atoms with Crippen molar-refractivity contribution in [3.8, 4) is 11.5 Å². The molecule has 0 aliphatic carbocycles. The van der Waals surface area contributed by atoms with E-state index in [1.165, 1.54) is 0 Å². The molecular weight excluding hydrogens is 398 g/mol. The van der Waals surface area contributed by atoms with Crippen LogP contribution in [0.1, 0.15) is 23.6 Å². The van der Waals surface area contributed by atoms with E-state index >= 15 is 0 Å². The van der Waals surface area contributed by atoms with Crippen molar-refractivity contribution in [1.82, 2.24) is 30.3 Å². The molecule has 168 valence electrons. The number of aliphatic imine (C=N–C) groups is 1. The third kappa shape index (κ3) is 5.86. The van der Waals surface area contributed by atoms with E-state index in [2.05, 4.69) is 25.7 Å². The molecule has 0 unspecified atom stereocenters. The average Bonchev–Trinajstić information content (AvgIpc) is 3.39. The van der Waals surface area contributed by atoms with Gasteiger partial charge < -0.3 is 29.4 Å². The van der Waals surface area contributed by atoms with Crippen molar-refractivity contribution < 1.29 is 14.2 Å². The first kappa shape index (κ1) is 21.4. The molecule has 1 fully saturated rings. The second-order valence-electron chi connectivity index (χ2n) is 7.66. The second-order valence-corrected chi connectivity index (χ2v) is 7.66. The molecule has 0 radical (unpaired) electrons. The predicted octanol–water partition coefficient (Wildman–Crippen LogP) is 0.810. The largest absolute Gasteiger partial charge is 0.454 e. The summed E-state index contributed by atoms with van der Waals surface area (Å²) in [6.45, 7) is 8.86. The first-order valence-corrected chi connectivity index (χ1v) is 10.7. The zero-order valence-corrected chi connectivity index (χ0v) is 18.3. The number of rotatable bonds is 8. The molecule has 0 spiro atoms. The van der Waals surface area contributed by atoms with Crippen molar-refractivity contribution in [2.24, 2.45) is 12.0 Å². The Bertz CT molecular complexity index is 893. The fraction of sp³-hybridized carbons (Fsp3) is 0.571. The third-order valence-corrected chi connectivity index (χ3v) is 5.50. The Kier molecular flexibility index (Phi) is 7.21. The number of nitrogens with zero attached hydrogens (tertiary/aromatic N) is 5. The highest BCUT2D eigenvalue weighted by Crippen LogP contribution is 2.32. The summed E-state index contributed by atoms with van der Waals surface area (Å²) in [4.78, 5) is 7.20. The van der Waals surface area contributed by atoms with Crippen molar-refractivity contribution >= 4 is 5.96 Å². The van der Waals surface area contributed by atoms with Gasteiger partial charge in [-0.25, -0.2) is 4.99 Å². The van der Waals surface area contributed by atoms with E-state index in [4.69, 9.17) is 19.2 Å². The summed E-state index contributed by atoms with van der Waals surface area (Å²) in [5.41, 5.74) is 1.06. The molecule has 0 bridgehead atoms. The molecule has 2 aromatic rings. The van der Waals surface area contributed by atoms with Gasteiger partial charge in [-0.3, -0.25) is 4.90 Å². The number of fused-ring (bicyclic) bond motifs is 1. The first-order valence-electron chi connectivity index (χ1n) is 10.7. The molecule has 2 aliphatic rings. The maximum Gasteiger partial charge on any atom is 0.231 e. The second kappa shape index (κ2) is 10.5. The van der Waals surface area contributed by atoms with Crippen LogP contribution in [0.2, 0.25) is 0 Å². The van der Waals surface area contributed by atoms with Crippen molar-refractivity contribution in [2.45, 2.75) is 26.4 Å². The highest BCUT2D eigenvalue weighted by atomic mass is 16.7. The van der Waals surface area contributed by atoms with Crippen LogP contribution in [0.25, 0.3) is 0 Å². The molecule has 1 saturated heterocycles. The molecule has 31 heavy (non-hydrogen) atoms. The van der Waals surface area contributed by atoms with E-state index in [1.54, 1.807) is 0 Å². The Morgan fingerprint density at radius 3 is 2.77 bits per heavy atom. The Morgan fingerprint density at radius 1 is 1.13 bits per heavy atom. The van der Waals surface area contributed by atoms with Crippen LogP contribution in [0.3, 0.4) is 0 Å². The van der Waals surface area contributed by atoms with E-state index in [9.17, 15) is 0 Å². The predicted molar refractivity (Wildman–Crippen MR) is 116 cm³/mol. The quantitative estimate of drug-likeness (QED) is 0.361. The fourth-order valence-electron chi connectivity index (χ4n) is 3.49. The zero-order chi connectivity index (χ0) is 21.5. The van der Waals surface area contributed by atoms with Crippen molar-refractivity contribution in [1.29, 1.82) is 0 Å². The molecule has 3 heterocycles. The van der Waals surface area contributed by atoms with Crippen LogP contribution in [0.15, 0.2) is 23.2 Å². The van der Waals surface area contributed by atoms with Gasteiger partial charge in [0.15, 0.2) is 23.3 Å². The topological polar surface area (TPSA) is 98.1 Å². The third-order valence-electron chi connectivity index (χ3n) is 5.50. The zero-order valence-electron chi connectivity index (χ0n) is 18.3. The molecule has 0 amide bonds. The SMILES string of the molecule is Cc1nnc(CNC(=NCc2ccc3c(c2)OCO3)NCCCN2CCOCC2)n1C. The van der Waals surface area contributed by atoms with Crippen LogP contribution in [0.5, 0.6) is 11.5 Å². The van der Waals surface area contributed by atoms with Gasteiger partial charge in [0.05, 0.1) is 26.3 Å². The number of guanidine groups is 1. The lowest BCUT2D eigenvalue weighted by molar-refractivity contribution is 0.0376. The van der Waals surface area contributed by atoms with E-state index in [-0.39, 0.29) is 6.79 Å². The van der Waals surface area contributed by atoms with Gasteiger partial charge >= 0.3 is 0 Å². The number of nitrogens with one attached hydrogen (secondary N) is 2. The van der Waals surface area contributed by atoms with Crippen LogP contribution in [0.4, 0.5) is 0 Å². The highest BCUT2D eigenvalue weighted by molar-refractivity contribution is 5.79. The Morgan fingerprint density at radius 2 is 1.97 bits per heavy atom. The van der Waals surface area contributed by atoms with Crippen molar-refractivity contribution in [3.63, 3.8) is 0 Å². The molecular formula is C21H31N7O3. The Balaban J connectivity index is 1.33. The summed E-state index contributed by atoms with van der Waals surface area (Å²) >= 11 is 0. The molecule has 1 aromatic heterocycles. The van der Waals surface area contributed by atoms with Crippen molar-refractivity contribution in [3.05, 3.63) is 35.4 Å². The molecule has 10 nitrogen and oxygen atoms in total. The van der Waals surface area contributed by atoms with Gasteiger partial charge in [-0.05, 0) is 37.6 Å². The van der Waals surface area contributed by atoms with Crippen LogP contribution in [0, 0.1) is 6.92 Å². The number of hydrogen-bond acceptors (Lipinski definition) is 7. The molecule has 2 aliphatic heterocycles. The molecule has 2 N–H and O–H groups in total. The summed E-state index contributed by atoms with van der Waals surface area (Å²) in [7, 11) is 1.96. The van der Waals surface area contributed by atoms with Gasteiger partial charge in [0, 0.05) is 26.7 Å². The normalized spacial score (nSPS) is 16.5. The monoisotopic (exact) mass is 429 g/mol. The van der Waals surface area contributed by atoms with Gasteiger partial charge in [-0.15, -0.1) is 10.2 Å². The highest BCUT2D eigenvalue weighted by Gasteiger charge is 2.13. The van der Waals surface area contributed by atoms with Gasteiger partial charge in [0.25, 0.3) is 0 Å². The number of aromatic nitrogens is 3.